The summed E-state index contributed by atoms with van der Waals surface area (Å²) in [7, 11) is -2.26. The summed E-state index contributed by atoms with van der Waals surface area (Å²) in [6.07, 6.45) is 1.51. The van der Waals surface area contributed by atoms with E-state index in [1.165, 1.54) is 12.3 Å². The number of rotatable bonds is 6. The van der Waals surface area contributed by atoms with Crippen LogP contribution in [-0.2, 0) is 10.0 Å². The lowest BCUT2D eigenvalue weighted by Crippen LogP contribution is -2.13. The summed E-state index contributed by atoms with van der Waals surface area (Å²) in [6, 6.07) is 15.7. The highest BCUT2D eigenvalue weighted by molar-refractivity contribution is 7.92. The van der Waals surface area contributed by atoms with Gasteiger partial charge in [-0.2, -0.15) is 9.47 Å². The van der Waals surface area contributed by atoms with E-state index >= 15 is 0 Å². The van der Waals surface area contributed by atoms with Crippen molar-refractivity contribution in [1.29, 1.82) is 0 Å². The molecule has 36 heavy (non-hydrogen) atoms. The molecule has 2 heterocycles. The Kier molecular flexibility index (Phi) is 6.57. The van der Waals surface area contributed by atoms with Crippen molar-refractivity contribution < 1.29 is 13.2 Å². The van der Waals surface area contributed by atoms with Gasteiger partial charge >= 0.3 is 0 Å². The molecule has 0 fully saturated rings. The van der Waals surface area contributed by atoms with Crippen LogP contribution in [0.4, 0.5) is 5.82 Å². The standard InChI is InChI=1S/C25H18Cl2N4O3S2/c1-14-9-15(3-6-21(14)26)19-12-23(34-2)20(11-22(19)27)25-18-5-4-17(10-16(18)13-28-29-25)36(32,33)31-24-7-8-35-30-24/h3-13H,1-2H3,(H,30,31). The molecule has 3 aromatic carbocycles. The topological polar surface area (TPSA) is 94.1 Å². The Bertz CT molecular complexity index is 1710. The smallest absolute Gasteiger partial charge is 0.263 e. The molecule has 2 aromatic heterocycles. The van der Waals surface area contributed by atoms with Crippen molar-refractivity contribution >= 4 is 61.3 Å². The SMILES string of the molecule is COc1cc(-c2ccc(Cl)c(C)c2)c(Cl)cc1-c1nncc2cc(S(=O)(=O)Nc3ccsn3)ccc12. The second-order valence-electron chi connectivity index (χ2n) is 7.93. The van der Waals surface area contributed by atoms with Gasteiger partial charge in [-0.15, -0.1) is 5.10 Å². The van der Waals surface area contributed by atoms with Crippen LogP contribution in [0.2, 0.25) is 10.0 Å². The van der Waals surface area contributed by atoms with Gasteiger partial charge in [-0.25, -0.2) is 8.42 Å². The fraction of sp³-hybridized carbons (Fsp3) is 0.0800. The summed E-state index contributed by atoms with van der Waals surface area (Å²) >= 11 is 14.1. The second kappa shape index (κ2) is 9.67. The number of hydrogen-bond acceptors (Lipinski definition) is 7. The maximum absolute atomic E-state index is 12.8. The van der Waals surface area contributed by atoms with Gasteiger partial charge in [0.1, 0.15) is 11.4 Å². The molecule has 5 rings (SSSR count). The molecule has 1 N–H and O–H groups in total. The van der Waals surface area contributed by atoms with Gasteiger partial charge in [0.2, 0.25) is 0 Å². The predicted molar refractivity (Wildman–Crippen MR) is 145 cm³/mol. The van der Waals surface area contributed by atoms with E-state index in [0.717, 1.165) is 28.2 Å². The second-order valence-corrected chi connectivity index (χ2v) is 11.1. The summed E-state index contributed by atoms with van der Waals surface area (Å²) in [5.41, 5.74) is 3.76. The summed E-state index contributed by atoms with van der Waals surface area (Å²) in [6.45, 7) is 1.93. The summed E-state index contributed by atoms with van der Waals surface area (Å²) in [4.78, 5) is 0.0837. The molecular formula is C25H18Cl2N4O3S2. The molecular weight excluding hydrogens is 539 g/mol. The van der Waals surface area contributed by atoms with E-state index in [2.05, 4.69) is 19.3 Å². The summed E-state index contributed by atoms with van der Waals surface area (Å²) < 4.78 is 37.8. The maximum Gasteiger partial charge on any atom is 0.263 e. The number of sulfonamides is 1. The first kappa shape index (κ1) is 24.5. The minimum absolute atomic E-state index is 0.0837. The van der Waals surface area contributed by atoms with Crippen molar-refractivity contribution in [3.63, 3.8) is 0 Å². The molecule has 5 aromatic rings. The van der Waals surface area contributed by atoms with Crippen molar-refractivity contribution in [3.05, 3.63) is 81.8 Å². The molecule has 182 valence electrons. The van der Waals surface area contributed by atoms with Crippen molar-refractivity contribution in [2.75, 3.05) is 11.8 Å². The van der Waals surface area contributed by atoms with E-state index in [9.17, 15) is 8.42 Å². The Morgan fingerprint density at radius 3 is 2.53 bits per heavy atom. The van der Waals surface area contributed by atoms with Crippen LogP contribution in [-0.4, -0.2) is 30.1 Å². The van der Waals surface area contributed by atoms with Gasteiger partial charge in [-0.05, 0) is 72.0 Å². The lowest BCUT2D eigenvalue weighted by molar-refractivity contribution is 0.416. The number of nitrogens with zero attached hydrogens (tertiary/aromatic N) is 3. The third-order valence-electron chi connectivity index (χ3n) is 5.63. The number of halogens is 2. The molecule has 0 saturated heterocycles. The Morgan fingerprint density at radius 1 is 0.972 bits per heavy atom. The molecule has 0 radical (unpaired) electrons. The Hall–Kier alpha value is -3.24. The molecule has 0 aliphatic carbocycles. The van der Waals surface area contributed by atoms with E-state index in [0.29, 0.717) is 37.8 Å². The zero-order chi connectivity index (χ0) is 25.4. The lowest BCUT2D eigenvalue weighted by Gasteiger charge is -2.15. The number of ether oxygens (including phenoxy) is 1. The van der Waals surface area contributed by atoms with Gasteiger partial charge in [-0.3, -0.25) is 4.72 Å². The quantitative estimate of drug-likeness (QED) is 0.246. The van der Waals surface area contributed by atoms with Crippen LogP contribution in [0.1, 0.15) is 5.56 Å². The van der Waals surface area contributed by atoms with E-state index in [-0.39, 0.29) is 10.7 Å². The van der Waals surface area contributed by atoms with Gasteiger partial charge < -0.3 is 4.74 Å². The highest BCUT2D eigenvalue weighted by Gasteiger charge is 2.20. The largest absolute Gasteiger partial charge is 0.496 e. The summed E-state index contributed by atoms with van der Waals surface area (Å²) in [5.74, 6) is 0.815. The summed E-state index contributed by atoms with van der Waals surface area (Å²) in [5, 5.41) is 12.6. The Balaban J connectivity index is 1.60. The van der Waals surface area contributed by atoms with Gasteiger partial charge in [0, 0.05) is 37.3 Å². The molecule has 0 aliphatic heterocycles. The van der Waals surface area contributed by atoms with Crippen molar-refractivity contribution in [1.82, 2.24) is 14.6 Å². The molecule has 11 heteroatoms. The van der Waals surface area contributed by atoms with Gasteiger partial charge in [-0.1, -0.05) is 35.3 Å². The van der Waals surface area contributed by atoms with E-state index in [1.54, 1.807) is 36.8 Å². The molecule has 0 unspecified atom stereocenters. The first-order valence-corrected chi connectivity index (χ1v) is 13.7. The van der Waals surface area contributed by atoms with Gasteiger partial charge in [0.15, 0.2) is 5.82 Å². The molecule has 0 amide bonds. The van der Waals surface area contributed by atoms with Crippen molar-refractivity contribution in [3.8, 4) is 28.1 Å². The predicted octanol–water partition coefficient (Wildman–Crippen LogP) is 6.84. The van der Waals surface area contributed by atoms with Gasteiger partial charge in [0.25, 0.3) is 10.0 Å². The third-order valence-corrected chi connectivity index (χ3v) is 8.28. The average Bonchev–Trinajstić information content (AvgIpc) is 3.37. The maximum atomic E-state index is 12.8. The normalized spacial score (nSPS) is 11.6. The van der Waals surface area contributed by atoms with Crippen LogP contribution in [0.3, 0.4) is 0 Å². The number of benzene rings is 3. The number of methoxy groups -OCH3 is 1. The molecule has 0 aliphatic rings. The van der Waals surface area contributed by atoms with Crippen LogP contribution in [0.5, 0.6) is 5.75 Å². The highest BCUT2D eigenvalue weighted by atomic mass is 35.5. The minimum Gasteiger partial charge on any atom is -0.496 e. The van der Waals surface area contributed by atoms with Crippen molar-refractivity contribution in [2.45, 2.75) is 11.8 Å². The number of aromatic nitrogens is 3. The fourth-order valence-electron chi connectivity index (χ4n) is 3.83. The zero-order valence-electron chi connectivity index (χ0n) is 19.0. The third kappa shape index (κ3) is 4.62. The number of aryl methyl sites for hydroxylation is 1. The Morgan fingerprint density at radius 2 is 1.81 bits per heavy atom. The van der Waals surface area contributed by atoms with E-state index < -0.39 is 10.0 Å². The van der Waals surface area contributed by atoms with E-state index in [4.69, 9.17) is 27.9 Å². The molecule has 0 bridgehead atoms. The number of hydrogen-bond donors (Lipinski definition) is 1. The minimum atomic E-state index is -3.82. The number of anilines is 1. The molecule has 0 spiro atoms. The van der Waals surface area contributed by atoms with Crippen LogP contribution < -0.4 is 9.46 Å². The first-order chi connectivity index (χ1) is 17.3. The van der Waals surface area contributed by atoms with Crippen LogP contribution in [0, 0.1) is 6.92 Å². The first-order valence-electron chi connectivity index (χ1n) is 10.6. The number of fused-ring (bicyclic) bond motifs is 1. The van der Waals surface area contributed by atoms with Crippen LogP contribution in [0.25, 0.3) is 33.2 Å². The van der Waals surface area contributed by atoms with Crippen LogP contribution in [0.15, 0.2) is 71.1 Å². The lowest BCUT2D eigenvalue weighted by atomic mass is 9.98. The zero-order valence-corrected chi connectivity index (χ0v) is 22.1. The molecule has 0 atom stereocenters. The molecule has 0 saturated carbocycles. The Labute approximate surface area is 221 Å². The highest BCUT2D eigenvalue weighted by Crippen LogP contribution is 2.41. The fourth-order valence-corrected chi connectivity index (χ4v) is 5.79. The monoisotopic (exact) mass is 556 g/mol. The van der Waals surface area contributed by atoms with Crippen LogP contribution >= 0.6 is 34.7 Å². The van der Waals surface area contributed by atoms with E-state index in [1.807, 2.05) is 31.2 Å². The number of nitrogens with one attached hydrogen (secondary N) is 1. The molecule has 7 nitrogen and oxygen atoms in total. The average molecular weight is 557 g/mol. The van der Waals surface area contributed by atoms with Gasteiger partial charge in [0.05, 0.1) is 18.2 Å². The van der Waals surface area contributed by atoms with Crippen molar-refractivity contribution in [2.24, 2.45) is 0 Å².